The predicted molar refractivity (Wildman–Crippen MR) is 55.8 cm³/mol. The molecular weight excluding hydrogens is 177 g/mol. The Morgan fingerprint density at radius 3 is 2.64 bits per heavy atom. The summed E-state index contributed by atoms with van der Waals surface area (Å²) in [6.07, 6.45) is 8.01. The molecule has 0 rings (SSSR count). The molecule has 0 heterocycles. The Morgan fingerprint density at radius 1 is 1.55 bits per heavy atom. The van der Waals surface area contributed by atoms with E-state index in [2.05, 4.69) is 9.24 Å². The summed E-state index contributed by atoms with van der Waals surface area (Å²) < 4.78 is -0.119. The van der Waals surface area contributed by atoms with E-state index >= 15 is 0 Å². The third-order valence-corrected chi connectivity index (χ3v) is 1.90. The predicted octanol–water partition coefficient (Wildman–Crippen LogP) is 2.85. The number of nitrogens with two attached hydrogens (primary N) is 1. The zero-order valence-electron chi connectivity index (χ0n) is 7.02. The van der Waals surface area contributed by atoms with E-state index in [9.17, 15) is 0 Å². The van der Waals surface area contributed by atoms with Gasteiger partial charge in [0.2, 0.25) is 0 Å². The van der Waals surface area contributed by atoms with E-state index in [0.29, 0.717) is 0 Å². The van der Waals surface area contributed by atoms with Crippen LogP contribution in [-0.2, 0) is 0 Å². The summed E-state index contributed by atoms with van der Waals surface area (Å²) in [5.41, 5.74) is 5.19. The molecule has 0 aromatic carbocycles. The average molecular weight is 194 g/mol. The Hall–Kier alpha value is 0.260. The number of allylic oxidation sites excluding steroid dienone is 1. The standard InChI is InChI=1S/C8H17ClNP/c1-8(9,11)6-4-2-3-5-7-10/h5,7H,2-4,6,10-11H2,1H3/b7-5-. The van der Waals surface area contributed by atoms with Gasteiger partial charge in [-0.2, -0.15) is 0 Å². The lowest BCUT2D eigenvalue weighted by atomic mass is 10.1. The molecule has 0 aromatic heterocycles. The zero-order chi connectivity index (χ0) is 8.74. The van der Waals surface area contributed by atoms with Gasteiger partial charge in [-0.05, 0) is 32.4 Å². The third-order valence-electron chi connectivity index (χ3n) is 1.42. The van der Waals surface area contributed by atoms with Crippen LogP contribution in [0.5, 0.6) is 0 Å². The summed E-state index contributed by atoms with van der Waals surface area (Å²) >= 11 is 5.97. The second kappa shape index (κ2) is 5.85. The van der Waals surface area contributed by atoms with Crippen LogP contribution in [0.2, 0.25) is 0 Å². The molecule has 2 N–H and O–H groups in total. The molecule has 0 fully saturated rings. The summed E-state index contributed by atoms with van der Waals surface area (Å²) in [5, 5.41) is 0. The molecule has 11 heavy (non-hydrogen) atoms. The Labute approximate surface area is 76.6 Å². The first-order valence-corrected chi connectivity index (χ1v) is 4.86. The van der Waals surface area contributed by atoms with Crippen LogP contribution in [0.1, 0.15) is 32.6 Å². The Bertz CT molecular complexity index is 118. The van der Waals surface area contributed by atoms with E-state index < -0.39 is 0 Å². The minimum Gasteiger partial charge on any atom is -0.405 e. The van der Waals surface area contributed by atoms with Crippen LogP contribution < -0.4 is 5.73 Å². The molecule has 0 amide bonds. The molecule has 0 radical (unpaired) electrons. The van der Waals surface area contributed by atoms with Gasteiger partial charge in [0.25, 0.3) is 0 Å². The van der Waals surface area contributed by atoms with Crippen molar-refractivity contribution in [1.82, 2.24) is 0 Å². The van der Waals surface area contributed by atoms with Crippen LogP contribution in [0.4, 0.5) is 0 Å². The maximum absolute atomic E-state index is 5.97. The van der Waals surface area contributed by atoms with Gasteiger partial charge in [0, 0.05) is 0 Å². The third kappa shape index (κ3) is 10.3. The van der Waals surface area contributed by atoms with Gasteiger partial charge in [-0.15, -0.1) is 20.8 Å². The van der Waals surface area contributed by atoms with Crippen molar-refractivity contribution in [2.45, 2.75) is 37.2 Å². The Kier molecular flexibility index (Phi) is 5.99. The van der Waals surface area contributed by atoms with Crippen molar-refractivity contribution in [3.63, 3.8) is 0 Å². The number of hydrogen-bond donors (Lipinski definition) is 1. The topological polar surface area (TPSA) is 26.0 Å². The van der Waals surface area contributed by atoms with Gasteiger partial charge in [-0.1, -0.05) is 12.5 Å². The molecule has 2 atom stereocenters. The molecule has 0 aromatic rings. The van der Waals surface area contributed by atoms with Gasteiger partial charge in [0.1, 0.15) is 0 Å². The van der Waals surface area contributed by atoms with E-state index in [1.807, 2.05) is 13.0 Å². The van der Waals surface area contributed by atoms with Crippen LogP contribution >= 0.6 is 20.8 Å². The molecule has 0 spiro atoms. The summed E-state index contributed by atoms with van der Waals surface area (Å²) in [6.45, 7) is 2.01. The van der Waals surface area contributed by atoms with Crippen LogP contribution in [0, 0.1) is 0 Å². The molecule has 2 unspecified atom stereocenters. The maximum atomic E-state index is 5.97. The quantitative estimate of drug-likeness (QED) is 0.406. The van der Waals surface area contributed by atoms with Crippen molar-refractivity contribution in [1.29, 1.82) is 0 Å². The highest BCUT2D eigenvalue weighted by Gasteiger charge is 2.11. The van der Waals surface area contributed by atoms with E-state index in [1.54, 1.807) is 6.20 Å². The summed E-state index contributed by atoms with van der Waals surface area (Å²) in [7, 11) is 2.64. The number of rotatable bonds is 5. The first kappa shape index (κ1) is 11.3. The van der Waals surface area contributed by atoms with Gasteiger partial charge < -0.3 is 5.73 Å². The average Bonchev–Trinajstić information content (AvgIpc) is 1.85. The van der Waals surface area contributed by atoms with Crippen molar-refractivity contribution in [3.05, 3.63) is 12.3 Å². The van der Waals surface area contributed by atoms with Crippen LogP contribution in [0.3, 0.4) is 0 Å². The van der Waals surface area contributed by atoms with E-state index in [4.69, 9.17) is 17.3 Å². The van der Waals surface area contributed by atoms with Gasteiger partial charge in [0.05, 0.1) is 4.62 Å². The fourth-order valence-electron chi connectivity index (χ4n) is 0.829. The summed E-state index contributed by atoms with van der Waals surface area (Å²) in [5.74, 6) is 0. The number of alkyl halides is 1. The van der Waals surface area contributed by atoms with Crippen LogP contribution in [0.15, 0.2) is 12.3 Å². The van der Waals surface area contributed by atoms with Gasteiger partial charge >= 0.3 is 0 Å². The number of unbranched alkanes of at least 4 members (excludes halogenated alkanes) is 2. The SMILES string of the molecule is CC(P)(Cl)CCCC/C=C\N. The molecule has 0 aliphatic heterocycles. The van der Waals surface area contributed by atoms with Crippen molar-refractivity contribution >= 4 is 20.8 Å². The van der Waals surface area contributed by atoms with Crippen molar-refractivity contribution in [2.24, 2.45) is 5.73 Å². The molecular formula is C8H17ClNP. The molecule has 0 aliphatic carbocycles. The Morgan fingerprint density at radius 2 is 2.18 bits per heavy atom. The lowest BCUT2D eigenvalue weighted by Crippen LogP contribution is -2.03. The smallest absolute Gasteiger partial charge is 0.0556 e. The normalized spacial score (nSPS) is 17.0. The highest BCUT2D eigenvalue weighted by Crippen LogP contribution is 2.29. The number of halogens is 1. The van der Waals surface area contributed by atoms with E-state index in [-0.39, 0.29) is 4.62 Å². The second-order valence-corrected chi connectivity index (χ2v) is 5.46. The van der Waals surface area contributed by atoms with Crippen molar-refractivity contribution < 1.29 is 0 Å². The second-order valence-electron chi connectivity index (χ2n) is 2.95. The van der Waals surface area contributed by atoms with E-state index in [1.165, 1.54) is 6.42 Å². The lowest BCUT2D eigenvalue weighted by molar-refractivity contribution is 0.654. The molecule has 3 heteroatoms. The van der Waals surface area contributed by atoms with Crippen LogP contribution in [-0.4, -0.2) is 4.62 Å². The highest BCUT2D eigenvalue weighted by molar-refractivity contribution is 7.22. The lowest BCUT2D eigenvalue weighted by Gasteiger charge is -2.13. The minimum atomic E-state index is -0.119. The minimum absolute atomic E-state index is 0.119. The molecule has 0 bridgehead atoms. The molecule has 0 saturated carbocycles. The van der Waals surface area contributed by atoms with Crippen LogP contribution in [0.25, 0.3) is 0 Å². The van der Waals surface area contributed by atoms with Gasteiger partial charge in [0.15, 0.2) is 0 Å². The maximum Gasteiger partial charge on any atom is 0.0556 e. The molecule has 0 saturated heterocycles. The molecule has 66 valence electrons. The summed E-state index contributed by atoms with van der Waals surface area (Å²) in [6, 6.07) is 0. The monoisotopic (exact) mass is 193 g/mol. The van der Waals surface area contributed by atoms with Gasteiger partial charge in [-0.25, -0.2) is 0 Å². The molecule has 1 nitrogen and oxygen atoms in total. The highest BCUT2D eigenvalue weighted by atomic mass is 35.5. The summed E-state index contributed by atoms with van der Waals surface area (Å²) in [4.78, 5) is 0. The fourth-order valence-corrected chi connectivity index (χ4v) is 1.17. The Balaban J connectivity index is 3.15. The zero-order valence-corrected chi connectivity index (χ0v) is 8.93. The molecule has 0 aliphatic rings. The first-order chi connectivity index (χ1) is 5.06. The van der Waals surface area contributed by atoms with Crippen molar-refractivity contribution in [2.75, 3.05) is 0 Å². The fraction of sp³-hybridized carbons (Fsp3) is 0.750. The van der Waals surface area contributed by atoms with Crippen molar-refractivity contribution in [3.8, 4) is 0 Å². The number of hydrogen-bond acceptors (Lipinski definition) is 1. The largest absolute Gasteiger partial charge is 0.405 e. The van der Waals surface area contributed by atoms with Gasteiger partial charge in [-0.3, -0.25) is 0 Å². The van der Waals surface area contributed by atoms with E-state index in [0.717, 1.165) is 19.3 Å². The first-order valence-electron chi connectivity index (χ1n) is 3.91.